The molecule has 3 N–H and O–H groups in total. The molecule has 1 aromatic heterocycles. The van der Waals surface area contributed by atoms with Gasteiger partial charge in [-0.3, -0.25) is 11.3 Å². The van der Waals surface area contributed by atoms with E-state index in [2.05, 4.69) is 22.3 Å². The van der Waals surface area contributed by atoms with Crippen molar-refractivity contribution in [1.82, 2.24) is 5.43 Å². The summed E-state index contributed by atoms with van der Waals surface area (Å²) in [6.07, 6.45) is 2.68. The van der Waals surface area contributed by atoms with Crippen LogP contribution in [-0.4, -0.2) is 32.0 Å². The maximum atomic E-state index is 5.76. The third kappa shape index (κ3) is 2.86. The first-order chi connectivity index (χ1) is 8.30. The average molecular weight is 256 g/mol. The van der Waals surface area contributed by atoms with Crippen LogP contribution in [0.2, 0.25) is 0 Å². The molecule has 0 aromatic carbocycles. The minimum Gasteiger partial charge on any atom is -0.381 e. The largest absolute Gasteiger partial charge is 0.381 e. The Morgan fingerprint density at radius 2 is 2.35 bits per heavy atom. The molecule has 1 saturated heterocycles. The fourth-order valence-electron chi connectivity index (χ4n) is 2.45. The van der Waals surface area contributed by atoms with Crippen LogP contribution in [0.15, 0.2) is 16.8 Å². The first-order valence-electron chi connectivity index (χ1n) is 5.91. The number of methoxy groups -OCH3 is 1. The highest BCUT2D eigenvalue weighted by Gasteiger charge is 2.40. The Bertz CT molecular complexity index is 323. The van der Waals surface area contributed by atoms with Crippen molar-refractivity contribution in [1.29, 1.82) is 0 Å². The van der Waals surface area contributed by atoms with E-state index in [4.69, 9.17) is 15.3 Å². The van der Waals surface area contributed by atoms with E-state index in [-0.39, 0.29) is 11.6 Å². The van der Waals surface area contributed by atoms with Crippen molar-refractivity contribution >= 4 is 11.3 Å². The van der Waals surface area contributed by atoms with Gasteiger partial charge in [0.1, 0.15) is 0 Å². The van der Waals surface area contributed by atoms with E-state index in [1.54, 1.807) is 18.4 Å². The molecule has 1 fully saturated rings. The molecule has 1 atom stereocenters. The number of nitrogens with one attached hydrogen (secondary N) is 1. The Labute approximate surface area is 106 Å². The van der Waals surface area contributed by atoms with Crippen molar-refractivity contribution < 1.29 is 9.47 Å². The van der Waals surface area contributed by atoms with Gasteiger partial charge in [0, 0.05) is 33.2 Å². The van der Waals surface area contributed by atoms with E-state index in [0.717, 1.165) is 32.5 Å². The van der Waals surface area contributed by atoms with Crippen LogP contribution in [0.3, 0.4) is 0 Å². The molecule has 0 amide bonds. The second kappa shape index (κ2) is 5.93. The molecule has 2 heterocycles. The number of hydrogen-bond donors (Lipinski definition) is 2. The molecule has 17 heavy (non-hydrogen) atoms. The van der Waals surface area contributed by atoms with Crippen LogP contribution in [0.25, 0.3) is 0 Å². The smallest absolute Gasteiger partial charge is 0.0891 e. The number of hydrogen-bond acceptors (Lipinski definition) is 5. The lowest BCUT2D eigenvalue weighted by atomic mass is 9.83. The van der Waals surface area contributed by atoms with Crippen LogP contribution in [-0.2, 0) is 15.9 Å². The van der Waals surface area contributed by atoms with Gasteiger partial charge in [-0.15, -0.1) is 0 Å². The van der Waals surface area contributed by atoms with Gasteiger partial charge in [0.2, 0.25) is 0 Å². The van der Waals surface area contributed by atoms with Gasteiger partial charge < -0.3 is 9.47 Å². The molecule has 2 rings (SSSR count). The number of rotatable bonds is 5. The van der Waals surface area contributed by atoms with E-state index in [1.807, 2.05) is 0 Å². The van der Waals surface area contributed by atoms with Gasteiger partial charge >= 0.3 is 0 Å². The summed E-state index contributed by atoms with van der Waals surface area (Å²) in [4.78, 5) is 0. The quantitative estimate of drug-likeness (QED) is 0.616. The van der Waals surface area contributed by atoms with Gasteiger partial charge in [-0.1, -0.05) is 0 Å². The van der Waals surface area contributed by atoms with Crippen molar-refractivity contribution in [3.05, 3.63) is 22.4 Å². The van der Waals surface area contributed by atoms with Crippen LogP contribution >= 0.6 is 11.3 Å². The summed E-state index contributed by atoms with van der Waals surface area (Å²) in [6, 6.07) is 2.27. The predicted octanol–water partition coefficient (Wildman–Crippen LogP) is 1.32. The highest BCUT2D eigenvalue weighted by atomic mass is 32.1. The molecule has 4 nitrogen and oxygen atoms in total. The molecule has 0 spiro atoms. The van der Waals surface area contributed by atoms with E-state index in [0.29, 0.717) is 0 Å². The van der Waals surface area contributed by atoms with Crippen LogP contribution in [0, 0.1) is 0 Å². The normalized spacial score (nSPS) is 21.3. The standard InChI is InChI=1S/C12H20N2O2S/c1-15-12(3-5-16-6-4-12)11(14-13)8-10-2-7-17-9-10/h2,7,9,11,14H,3-6,8,13H2,1H3. The summed E-state index contributed by atoms with van der Waals surface area (Å²) in [5.74, 6) is 5.71. The Balaban J connectivity index is 2.09. The second-order valence-electron chi connectivity index (χ2n) is 4.44. The third-order valence-electron chi connectivity index (χ3n) is 3.60. The number of hydrazine groups is 1. The molecule has 0 radical (unpaired) electrons. The second-order valence-corrected chi connectivity index (χ2v) is 5.22. The SMILES string of the molecule is COC1(C(Cc2ccsc2)NN)CCOCC1. The van der Waals surface area contributed by atoms with Crippen molar-refractivity contribution in [2.75, 3.05) is 20.3 Å². The zero-order chi connectivity index (χ0) is 12.1. The maximum absolute atomic E-state index is 5.76. The molecule has 1 aliphatic heterocycles. The molecule has 1 aromatic rings. The van der Waals surface area contributed by atoms with E-state index < -0.39 is 0 Å². The summed E-state index contributed by atoms with van der Waals surface area (Å²) in [7, 11) is 1.77. The van der Waals surface area contributed by atoms with Crippen molar-refractivity contribution in [2.24, 2.45) is 5.84 Å². The van der Waals surface area contributed by atoms with Gasteiger partial charge in [-0.05, 0) is 28.8 Å². The zero-order valence-corrected chi connectivity index (χ0v) is 11.0. The first kappa shape index (κ1) is 13.0. The fourth-order valence-corrected chi connectivity index (χ4v) is 3.13. The van der Waals surface area contributed by atoms with E-state index in [9.17, 15) is 0 Å². The van der Waals surface area contributed by atoms with Crippen LogP contribution < -0.4 is 11.3 Å². The highest BCUT2D eigenvalue weighted by molar-refractivity contribution is 7.07. The lowest BCUT2D eigenvalue weighted by Crippen LogP contribution is -2.58. The van der Waals surface area contributed by atoms with Gasteiger partial charge in [-0.25, -0.2) is 0 Å². The number of ether oxygens (including phenoxy) is 2. The summed E-state index contributed by atoms with van der Waals surface area (Å²) in [5, 5.41) is 4.25. The first-order valence-corrected chi connectivity index (χ1v) is 6.85. The summed E-state index contributed by atoms with van der Waals surface area (Å²) in [6.45, 7) is 1.49. The highest BCUT2D eigenvalue weighted by Crippen LogP contribution is 2.30. The average Bonchev–Trinajstić information content (AvgIpc) is 2.89. The predicted molar refractivity (Wildman–Crippen MR) is 68.9 cm³/mol. The lowest BCUT2D eigenvalue weighted by molar-refractivity contribution is -0.110. The Hall–Kier alpha value is -0.460. The molecule has 0 bridgehead atoms. The minimum absolute atomic E-state index is 0.131. The number of nitrogens with two attached hydrogens (primary N) is 1. The monoisotopic (exact) mass is 256 g/mol. The minimum atomic E-state index is -0.199. The van der Waals surface area contributed by atoms with Gasteiger partial charge in [0.05, 0.1) is 11.6 Å². The van der Waals surface area contributed by atoms with Crippen LogP contribution in [0.1, 0.15) is 18.4 Å². The number of thiophene rings is 1. The zero-order valence-electron chi connectivity index (χ0n) is 10.1. The molecule has 5 heteroatoms. The van der Waals surface area contributed by atoms with Crippen molar-refractivity contribution in [2.45, 2.75) is 30.9 Å². The molecule has 1 aliphatic rings. The summed E-state index contributed by atoms with van der Waals surface area (Å²) >= 11 is 1.71. The van der Waals surface area contributed by atoms with Gasteiger partial charge in [-0.2, -0.15) is 11.3 Å². The Morgan fingerprint density at radius 1 is 1.59 bits per heavy atom. The molecule has 0 aliphatic carbocycles. The molecule has 0 saturated carbocycles. The Kier molecular flexibility index (Phi) is 4.53. The van der Waals surface area contributed by atoms with Crippen molar-refractivity contribution in [3.63, 3.8) is 0 Å². The lowest BCUT2D eigenvalue weighted by Gasteiger charge is -2.42. The van der Waals surface area contributed by atoms with Gasteiger partial charge in [0.25, 0.3) is 0 Å². The van der Waals surface area contributed by atoms with Crippen molar-refractivity contribution in [3.8, 4) is 0 Å². The van der Waals surface area contributed by atoms with E-state index >= 15 is 0 Å². The fraction of sp³-hybridized carbons (Fsp3) is 0.667. The Morgan fingerprint density at radius 3 is 2.88 bits per heavy atom. The molecular weight excluding hydrogens is 236 g/mol. The maximum Gasteiger partial charge on any atom is 0.0891 e. The molecule has 1 unspecified atom stereocenters. The van der Waals surface area contributed by atoms with Gasteiger partial charge in [0.15, 0.2) is 0 Å². The topological polar surface area (TPSA) is 56.5 Å². The van der Waals surface area contributed by atoms with E-state index in [1.165, 1.54) is 5.56 Å². The molecular formula is C12H20N2O2S. The summed E-state index contributed by atoms with van der Waals surface area (Å²) < 4.78 is 11.2. The van der Waals surface area contributed by atoms with Crippen LogP contribution in [0.5, 0.6) is 0 Å². The summed E-state index contributed by atoms with van der Waals surface area (Å²) in [5.41, 5.74) is 4.03. The molecule has 96 valence electrons. The van der Waals surface area contributed by atoms with Crippen LogP contribution in [0.4, 0.5) is 0 Å². The third-order valence-corrected chi connectivity index (χ3v) is 4.33.